The molecule has 1 rings (SSSR count). The van der Waals surface area contributed by atoms with E-state index in [4.69, 9.17) is 10.2 Å². The zero-order chi connectivity index (χ0) is 13.4. The van der Waals surface area contributed by atoms with E-state index >= 15 is 0 Å². The molecule has 0 aliphatic heterocycles. The van der Waals surface area contributed by atoms with Crippen molar-refractivity contribution in [2.75, 3.05) is 13.2 Å². The summed E-state index contributed by atoms with van der Waals surface area (Å²) in [5, 5.41) is 36.5. The van der Waals surface area contributed by atoms with Gasteiger partial charge in [0.15, 0.2) is 0 Å². The Bertz CT molecular complexity index is 331. The highest BCUT2D eigenvalue weighted by Gasteiger charge is 2.11. The number of rotatable bonds is 8. The van der Waals surface area contributed by atoms with Crippen molar-refractivity contribution in [1.82, 2.24) is 9.97 Å². The molecule has 0 saturated carbocycles. The summed E-state index contributed by atoms with van der Waals surface area (Å²) >= 11 is 0. The van der Waals surface area contributed by atoms with Gasteiger partial charge in [-0.1, -0.05) is 0 Å². The Morgan fingerprint density at radius 2 is 1.78 bits per heavy atom. The minimum atomic E-state index is -0.721. The number of hydrogen-bond acceptors (Lipinski definition) is 6. The van der Waals surface area contributed by atoms with Crippen molar-refractivity contribution in [3.05, 3.63) is 23.8 Å². The Balaban J connectivity index is 2.51. The average molecular weight is 256 g/mol. The number of aliphatic hydroxyl groups excluding tert-OH is 4. The third-order valence-corrected chi connectivity index (χ3v) is 2.61. The van der Waals surface area contributed by atoms with Crippen LogP contribution in [0.25, 0.3) is 0 Å². The molecule has 6 heteroatoms. The van der Waals surface area contributed by atoms with E-state index in [0.717, 1.165) is 0 Å². The molecule has 102 valence electrons. The van der Waals surface area contributed by atoms with Crippen LogP contribution in [0.4, 0.5) is 0 Å². The lowest BCUT2D eigenvalue weighted by Gasteiger charge is -2.10. The Hall–Kier alpha value is -1.08. The number of aliphatic hydroxyl groups is 4. The predicted octanol–water partition coefficient (Wildman–Crippen LogP) is -0.432. The SMILES string of the molecule is OCCCC(O)c1cnc(CC(O)CCO)cn1. The highest BCUT2D eigenvalue weighted by atomic mass is 16.3. The summed E-state index contributed by atoms with van der Waals surface area (Å²) in [6.45, 7) is -0.0253. The normalized spacial score (nSPS) is 14.4. The third-order valence-electron chi connectivity index (χ3n) is 2.61. The highest BCUT2D eigenvalue weighted by molar-refractivity contribution is 5.05. The summed E-state index contributed by atoms with van der Waals surface area (Å²) < 4.78 is 0. The van der Waals surface area contributed by atoms with Gasteiger partial charge < -0.3 is 20.4 Å². The molecule has 0 aliphatic rings. The van der Waals surface area contributed by atoms with Gasteiger partial charge in [-0.25, -0.2) is 0 Å². The molecule has 1 aromatic heterocycles. The van der Waals surface area contributed by atoms with E-state index < -0.39 is 12.2 Å². The van der Waals surface area contributed by atoms with Crippen LogP contribution in [0.2, 0.25) is 0 Å². The average Bonchev–Trinajstić information content (AvgIpc) is 2.37. The van der Waals surface area contributed by atoms with Gasteiger partial charge in [-0.3, -0.25) is 9.97 Å². The maximum atomic E-state index is 9.71. The van der Waals surface area contributed by atoms with Gasteiger partial charge in [-0.05, 0) is 19.3 Å². The summed E-state index contributed by atoms with van der Waals surface area (Å²) in [5.41, 5.74) is 1.08. The second-order valence-electron chi connectivity index (χ2n) is 4.18. The largest absolute Gasteiger partial charge is 0.396 e. The zero-order valence-electron chi connectivity index (χ0n) is 10.2. The van der Waals surface area contributed by atoms with Crippen molar-refractivity contribution in [2.45, 2.75) is 37.9 Å². The Kier molecular flexibility index (Phi) is 6.74. The molecule has 0 aromatic carbocycles. The number of hydrogen-bond donors (Lipinski definition) is 4. The molecule has 0 fully saturated rings. The fraction of sp³-hybridized carbons (Fsp3) is 0.667. The molecule has 2 unspecified atom stereocenters. The summed E-state index contributed by atoms with van der Waals surface area (Å²) in [5.74, 6) is 0. The lowest BCUT2D eigenvalue weighted by atomic mass is 10.1. The summed E-state index contributed by atoms with van der Waals surface area (Å²) in [6.07, 6.45) is 3.23. The smallest absolute Gasteiger partial charge is 0.0976 e. The van der Waals surface area contributed by atoms with Crippen LogP contribution in [0, 0.1) is 0 Å². The molecule has 0 amide bonds. The first-order valence-electron chi connectivity index (χ1n) is 6.06. The summed E-state index contributed by atoms with van der Waals surface area (Å²) in [7, 11) is 0. The van der Waals surface area contributed by atoms with E-state index in [9.17, 15) is 10.2 Å². The molecule has 18 heavy (non-hydrogen) atoms. The minimum absolute atomic E-state index is 0.0376. The van der Waals surface area contributed by atoms with Crippen LogP contribution in [0.15, 0.2) is 12.4 Å². The van der Waals surface area contributed by atoms with E-state index in [2.05, 4.69) is 9.97 Å². The summed E-state index contributed by atoms with van der Waals surface area (Å²) in [4.78, 5) is 8.18. The van der Waals surface area contributed by atoms with Gasteiger partial charge >= 0.3 is 0 Å². The second-order valence-corrected chi connectivity index (χ2v) is 4.18. The van der Waals surface area contributed by atoms with Crippen LogP contribution in [0.3, 0.4) is 0 Å². The monoisotopic (exact) mass is 256 g/mol. The lowest BCUT2D eigenvalue weighted by molar-refractivity contribution is 0.132. The molecular formula is C12H20N2O4. The van der Waals surface area contributed by atoms with Crippen molar-refractivity contribution >= 4 is 0 Å². The lowest BCUT2D eigenvalue weighted by Crippen LogP contribution is -2.14. The Labute approximate surface area is 106 Å². The standard InChI is InChI=1S/C12H20N2O4/c15-4-1-2-12(18)11-8-13-9(7-14-11)6-10(17)3-5-16/h7-8,10,12,15-18H,1-6H2. The molecule has 4 N–H and O–H groups in total. The maximum Gasteiger partial charge on any atom is 0.0976 e. The van der Waals surface area contributed by atoms with Crippen molar-refractivity contribution in [2.24, 2.45) is 0 Å². The van der Waals surface area contributed by atoms with Crippen LogP contribution < -0.4 is 0 Å². The van der Waals surface area contributed by atoms with Gasteiger partial charge in [-0.15, -0.1) is 0 Å². The molecule has 6 nitrogen and oxygen atoms in total. The maximum absolute atomic E-state index is 9.71. The molecular weight excluding hydrogens is 236 g/mol. The van der Waals surface area contributed by atoms with Gasteiger partial charge in [-0.2, -0.15) is 0 Å². The van der Waals surface area contributed by atoms with Crippen LogP contribution >= 0.6 is 0 Å². The number of aromatic nitrogens is 2. The fourth-order valence-electron chi connectivity index (χ4n) is 1.57. The first-order chi connectivity index (χ1) is 8.67. The fourth-order valence-corrected chi connectivity index (χ4v) is 1.57. The van der Waals surface area contributed by atoms with Gasteiger partial charge in [0.2, 0.25) is 0 Å². The van der Waals surface area contributed by atoms with E-state index in [1.807, 2.05) is 0 Å². The van der Waals surface area contributed by atoms with Crippen molar-refractivity contribution < 1.29 is 20.4 Å². The van der Waals surface area contributed by atoms with Crippen molar-refractivity contribution in [3.8, 4) is 0 Å². The Morgan fingerprint density at radius 1 is 1.00 bits per heavy atom. The van der Waals surface area contributed by atoms with Crippen LogP contribution in [0.1, 0.15) is 36.8 Å². The van der Waals surface area contributed by atoms with Crippen molar-refractivity contribution in [1.29, 1.82) is 0 Å². The van der Waals surface area contributed by atoms with Crippen LogP contribution in [-0.4, -0.2) is 49.7 Å². The zero-order valence-corrected chi connectivity index (χ0v) is 10.2. The molecule has 0 radical (unpaired) electrons. The van der Waals surface area contributed by atoms with E-state index in [0.29, 0.717) is 37.1 Å². The Morgan fingerprint density at radius 3 is 2.33 bits per heavy atom. The molecule has 1 aromatic rings. The van der Waals surface area contributed by atoms with Gasteiger partial charge in [0.25, 0.3) is 0 Å². The molecule has 0 spiro atoms. The topological polar surface area (TPSA) is 107 Å². The highest BCUT2D eigenvalue weighted by Crippen LogP contribution is 2.15. The number of nitrogens with zero attached hydrogens (tertiary/aromatic N) is 2. The first kappa shape index (κ1) is 15.0. The quantitative estimate of drug-likeness (QED) is 0.503. The molecule has 2 atom stereocenters. The van der Waals surface area contributed by atoms with E-state index in [1.165, 1.54) is 12.4 Å². The molecule has 0 bridgehead atoms. The first-order valence-corrected chi connectivity index (χ1v) is 6.06. The third kappa shape index (κ3) is 5.05. The van der Waals surface area contributed by atoms with Crippen molar-refractivity contribution in [3.63, 3.8) is 0 Å². The van der Waals surface area contributed by atoms with Gasteiger partial charge in [0.1, 0.15) is 0 Å². The van der Waals surface area contributed by atoms with Crippen LogP contribution in [0.5, 0.6) is 0 Å². The molecule has 1 heterocycles. The van der Waals surface area contributed by atoms with E-state index in [-0.39, 0.29) is 13.2 Å². The molecule has 0 saturated heterocycles. The van der Waals surface area contributed by atoms with E-state index in [1.54, 1.807) is 0 Å². The summed E-state index contributed by atoms with van der Waals surface area (Å²) in [6, 6.07) is 0. The predicted molar refractivity (Wildman–Crippen MR) is 64.7 cm³/mol. The minimum Gasteiger partial charge on any atom is -0.396 e. The van der Waals surface area contributed by atoms with Gasteiger partial charge in [0.05, 0.1) is 29.8 Å². The van der Waals surface area contributed by atoms with Crippen LogP contribution in [-0.2, 0) is 6.42 Å². The van der Waals surface area contributed by atoms with Gasteiger partial charge in [0, 0.05) is 25.8 Å². The molecule has 0 aliphatic carbocycles. The second kappa shape index (κ2) is 8.10.